The van der Waals surface area contributed by atoms with E-state index >= 15 is 0 Å². The van der Waals surface area contributed by atoms with Crippen LogP contribution in [0.25, 0.3) is 0 Å². The van der Waals surface area contributed by atoms with Crippen molar-refractivity contribution in [3.8, 4) is 0 Å². The van der Waals surface area contributed by atoms with Gasteiger partial charge in [-0.2, -0.15) is 0 Å². The van der Waals surface area contributed by atoms with Crippen LogP contribution in [0.15, 0.2) is 35.3 Å². The molecule has 0 radical (unpaired) electrons. The summed E-state index contributed by atoms with van der Waals surface area (Å²) in [7, 11) is 3.51. The van der Waals surface area contributed by atoms with Gasteiger partial charge < -0.3 is 15.4 Å². The predicted octanol–water partition coefficient (Wildman–Crippen LogP) is 2.54. The van der Waals surface area contributed by atoms with Gasteiger partial charge in [-0.1, -0.05) is 30.3 Å². The van der Waals surface area contributed by atoms with Gasteiger partial charge in [-0.25, -0.2) is 0 Å². The molecule has 1 atom stereocenters. The lowest BCUT2D eigenvalue weighted by Gasteiger charge is -2.21. The molecule has 1 aromatic rings. The van der Waals surface area contributed by atoms with Crippen molar-refractivity contribution in [2.75, 3.05) is 27.3 Å². The van der Waals surface area contributed by atoms with E-state index in [0.29, 0.717) is 12.0 Å². The van der Waals surface area contributed by atoms with Crippen LogP contribution in [0.1, 0.15) is 25.3 Å². The van der Waals surface area contributed by atoms with Crippen LogP contribution in [0.4, 0.5) is 0 Å². The third-order valence-electron chi connectivity index (χ3n) is 3.86. The normalized spacial score (nSPS) is 17.6. The van der Waals surface area contributed by atoms with Gasteiger partial charge in [0.2, 0.25) is 0 Å². The monoisotopic (exact) mass is 403 g/mol. The number of aliphatic imine (C=N–C) groups is 1. The average Bonchev–Trinajstić information content (AvgIpc) is 3.26. The second-order valence-electron chi connectivity index (χ2n) is 5.57. The molecule has 0 heterocycles. The Bertz CT molecular complexity index is 446. The van der Waals surface area contributed by atoms with Gasteiger partial charge in [-0.3, -0.25) is 4.99 Å². The lowest BCUT2D eigenvalue weighted by Crippen LogP contribution is -2.46. The van der Waals surface area contributed by atoms with Gasteiger partial charge in [0.1, 0.15) is 0 Å². The summed E-state index contributed by atoms with van der Waals surface area (Å²) in [6, 6.07) is 11.0. The number of nitrogens with one attached hydrogen (secondary N) is 2. The van der Waals surface area contributed by atoms with Crippen LogP contribution in [0.3, 0.4) is 0 Å². The van der Waals surface area contributed by atoms with Crippen LogP contribution in [0.2, 0.25) is 0 Å². The second-order valence-corrected chi connectivity index (χ2v) is 5.57. The Hall–Kier alpha value is -0.820. The van der Waals surface area contributed by atoms with Crippen molar-refractivity contribution >= 4 is 29.9 Å². The maximum absolute atomic E-state index is 5.13. The SMILES string of the molecule is CN=C(NCC1(c2ccccc2)CC1)NC(C)COC.I. The van der Waals surface area contributed by atoms with Crippen molar-refractivity contribution in [1.29, 1.82) is 0 Å². The molecule has 0 aliphatic heterocycles. The van der Waals surface area contributed by atoms with Gasteiger partial charge >= 0.3 is 0 Å². The topological polar surface area (TPSA) is 45.7 Å². The Kier molecular flexibility index (Phi) is 7.45. The van der Waals surface area contributed by atoms with E-state index in [-0.39, 0.29) is 30.0 Å². The lowest BCUT2D eigenvalue weighted by atomic mass is 9.96. The average molecular weight is 403 g/mol. The van der Waals surface area contributed by atoms with E-state index in [1.54, 1.807) is 14.2 Å². The first kappa shape index (κ1) is 18.2. The summed E-state index contributed by atoms with van der Waals surface area (Å²) >= 11 is 0. The van der Waals surface area contributed by atoms with Crippen molar-refractivity contribution in [2.45, 2.75) is 31.2 Å². The van der Waals surface area contributed by atoms with Crippen molar-refractivity contribution in [3.05, 3.63) is 35.9 Å². The van der Waals surface area contributed by atoms with Crippen LogP contribution >= 0.6 is 24.0 Å². The van der Waals surface area contributed by atoms with E-state index in [1.807, 2.05) is 0 Å². The fourth-order valence-electron chi connectivity index (χ4n) is 2.48. The van der Waals surface area contributed by atoms with Gasteiger partial charge in [0, 0.05) is 32.2 Å². The molecule has 0 spiro atoms. The number of nitrogens with zero attached hydrogens (tertiary/aromatic N) is 1. The van der Waals surface area contributed by atoms with Crippen LogP contribution in [0, 0.1) is 0 Å². The molecule has 1 aliphatic rings. The van der Waals surface area contributed by atoms with Crippen molar-refractivity contribution < 1.29 is 4.74 Å². The van der Waals surface area contributed by atoms with Crippen LogP contribution in [-0.2, 0) is 10.2 Å². The first-order valence-electron chi connectivity index (χ1n) is 7.22. The van der Waals surface area contributed by atoms with Crippen molar-refractivity contribution in [2.24, 2.45) is 4.99 Å². The fraction of sp³-hybridized carbons (Fsp3) is 0.562. The number of guanidine groups is 1. The second kappa shape index (κ2) is 8.58. The number of hydrogen-bond donors (Lipinski definition) is 2. The predicted molar refractivity (Wildman–Crippen MR) is 98.6 cm³/mol. The molecule has 1 saturated carbocycles. The molecule has 1 unspecified atom stereocenters. The number of ether oxygens (including phenoxy) is 1. The molecule has 4 nitrogen and oxygen atoms in total. The summed E-state index contributed by atoms with van der Waals surface area (Å²) in [6.07, 6.45) is 2.49. The van der Waals surface area contributed by atoms with E-state index in [2.05, 4.69) is 52.9 Å². The van der Waals surface area contributed by atoms with E-state index in [9.17, 15) is 0 Å². The Morgan fingerprint density at radius 2 is 2.00 bits per heavy atom. The Morgan fingerprint density at radius 3 is 2.52 bits per heavy atom. The molecule has 0 amide bonds. The molecule has 2 N–H and O–H groups in total. The molecular weight excluding hydrogens is 377 g/mol. The van der Waals surface area contributed by atoms with E-state index in [4.69, 9.17) is 4.74 Å². The van der Waals surface area contributed by atoms with Crippen molar-refractivity contribution in [1.82, 2.24) is 10.6 Å². The van der Waals surface area contributed by atoms with E-state index < -0.39 is 0 Å². The van der Waals surface area contributed by atoms with Gasteiger partial charge in [-0.15, -0.1) is 24.0 Å². The van der Waals surface area contributed by atoms with Gasteiger partial charge in [0.25, 0.3) is 0 Å². The maximum atomic E-state index is 5.13. The number of benzene rings is 1. The van der Waals surface area contributed by atoms with Crippen LogP contribution in [0.5, 0.6) is 0 Å². The summed E-state index contributed by atoms with van der Waals surface area (Å²) in [5.74, 6) is 0.844. The summed E-state index contributed by atoms with van der Waals surface area (Å²) in [5, 5.41) is 6.78. The molecule has 2 rings (SSSR count). The molecular formula is C16H26IN3O. The Morgan fingerprint density at radius 1 is 1.33 bits per heavy atom. The summed E-state index contributed by atoms with van der Waals surface area (Å²) in [5.41, 5.74) is 1.72. The van der Waals surface area contributed by atoms with Crippen LogP contribution in [-0.4, -0.2) is 39.3 Å². The highest BCUT2D eigenvalue weighted by atomic mass is 127. The lowest BCUT2D eigenvalue weighted by molar-refractivity contribution is 0.179. The van der Waals surface area contributed by atoms with E-state index in [0.717, 1.165) is 12.5 Å². The number of hydrogen-bond acceptors (Lipinski definition) is 2. The first-order valence-corrected chi connectivity index (χ1v) is 7.22. The maximum Gasteiger partial charge on any atom is 0.191 e. The minimum Gasteiger partial charge on any atom is -0.383 e. The van der Waals surface area contributed by atoms with Gasteiger partial charge in [-0.05, 0) is 25.3 Å². The summed E-state index contributed by atoms with van der Waals surface area (Å²) in [6.45, 7) is 3.68. The Balaban J connectivity index is 0.00000220. The molecule has 0 bridgehead atoms. The zero-order valence-electron chi connectivity index (χ0n) is 13.1. The Labute approximate surface area is 144 Å². The highest BCUT2D eigenvalue weighted by Crippen LogP contribution is 2.47. The summed E-state index contributed by atoms with van der Waals surface area (Å²) in [4.78, 5) is 4.27. The number of rotatable bonds is 6. The third-order valence-corrected chi connectivity index (χ3v) is 3.86. The highest BCUT2D eigenvalue weighted by molar-refractivity contribution is 14.0. The number of methoxy groups -OCH3 is 1. The molecule has 118 valence electrons. The highest BCUT2D eigenvalue weighted by Gasteiger charge is 2.43. The molecule has 1 aromatic carbocycles. The molecule has 1 fully saturated rings. The zero-order chi connectivity index (χ0) is 14.4. The molecule has 0 aromatic heterocycles. The standard InChI is InChI=1S/C16H25N3O.HI/c1-13(11-20-3)19-15(17-2)18-12-16(9-10-16)14-7-5-4-6-8-14;/h4-8,13H,9-12H2,1-3H3,(H2,17,18,19);1H. The fourth-order valence-corrected chi connectivity index (χ4v) is 2.48. The smallest absolute Gasteiger partial charge is 0.191 e. The number of halogens is 1. The minimum atomic E-state index is 0. The van der Waals surface area contributed by atoms with Crippen molar-refractivity contribution in [3.63, 3.8) is 0 Å². The third kappa shape index (κ3) is 5.14. The zero-order valence-corrected chi connectivity index (χ0v) is 15.4. The molecule has 5 heteroatoms. The molecule has 21 heavy (non-hydrogen) atoms. The van der Waals surface area contributed by atoms with Crippen LogP contribution < -0.4 is 10.6 Å². The molecule has 0 saturated heterocycles. The van der Waals surface area contributed by atoms with Gasteiger partial charge in [0.05, 0.1) is 6.61 Å². The first-order chi connectivity index (χ1) is 9.70. The summed E-state index contributed by atoms with van der Waals surface area (Å²) < 4.78 is 5.13. The minimum absolute atomic E-state index is 0. The largest absolute Gasteiger partial charge is 0.383 e. The van der Waals surface area contributed by atoms with Gasteiger partial charge in [0.15, 0.2) is 5.96 Å². The molecule has 1 aliphatic carbocycles. The van der Waals surface area contributed by atoms with E-state index in [1.165, 1.54) is 18.4 Å². The quantitative estimate of drug-likeness (QED) is 0.436.